The summed E-state index contributed by atoms with van der Waals surface area (Å²) in [5, 5.41) is 9.84. The standard InChI is InChI=1S/C16H14OS/c1-2-15(17)16(13-9-5-3-6-10-13)18-14-11-7-4-8-12-14/h1,3-12,15-17H/t15-,16-/m0/s1. The van der Waals surface area contributed by atoms with Gasteiger partial charge in [-0.15, -0.1) is 18.2 Å². The van der Waals surface area contributed by atoms with Crippen LogP contribution in [0, 0.1) is 12.3 Å². The molecule has 0 aliphatic carbocycles. The fourth-order valence-electron chi connectivity index (χ4n) is 1.69. The van der Waals surface area contributed by atoms with Gasteiger partial charge in [0.1, 0.15) is 6.10 Å². The minimum Gasteiger partial charge on any atom is -0.379 e. The maximum absolute atomic E-state index is 9.98. The summed E-state index contributed by atoms with van der Waals surface area (Å²) in [5.41, 5.74) is 1.04. The minimum atomic E-state index is -0.794. The summed E-state index contributed by atoms with van der Waals surface area (Å²) in [6.07, 6.45) is 4.56. The van der Waals surface area contributed by atoms with Crippen LogP contribution < -0.4 is 0 Å². The summed E-state index contributed by atoms with van der Waals surface area (Å²) in [4.78, 5) is 1.10. The lowest BCUT2D eigenvalue weighted by Crippen LogP contribution is -2.13. The van der Waals surface area contributed by atoms with Crippen LogP contribution >= 0.6 is 11.8 Å². The van der Waals surface area contributed by atoms with E-state index < -0.39 is 6.10 Å². The second-order valence-corrected chi connectivity index (χ2v) is 5.09. The third-order valence-electron chi connectivity index (χ3n) is 2.59. The van der Waals surface area contributed by atoms with E-state index in [1.165, 1.54) is 0 Å². The van der Waals surface area contributed by atoms with Gasteiger partial charge in [-0.05, 0) is 17.7 Å². The van der Waals surface area contributed by atoms with E-state index in [4.69, 9.17) is 6.42 Å². The molecule has 0 saturated carbocycles. The average molecular weight is 254 g/mol. The molecule has 0 unspecified atom stereocenters. The monoisotopic (exact) mass is 254 g/mol. The summed E-state index contributed by atoms with van der Waals surface area (Å²) in [7, 11) is 0. The number of benzene rings is 2. The van der Waals surface area contributed by atoms with Crippen molar-refractivity contribution < 1.29 is 5.11 Å². The van der Waals surface area contributed by atoms with Crippen LogP contribution in [0.4, 0.5) is 0 Å². The smallest absolute Gasteiger partial charge is 0.130 e. The maximum Gasteiger partial charge on any atom is 0.130 e. The number of aliphatic hydroxyl groups is 1. The molecule has 0 bridgehead atoms. The van der Waals surface area contributed by atoms with Gasteiger partial charge in [-0.2, -0.15) is 0 Å². The van der Waals surface area contributed by atoms with Crippen LogP contribution in [0.3, 0.4) is 0 Å². The molecule has 0 fully saturated rings. The zero-order valence-corrected chi connectivity index (χ0v) is 10.7. The lowest BCUT2D eigenvalue weighted by Gasteiger charge is -2.19. The summed E-state index contributed by atoms with van der Waals surface area (Å²) in [6.45, 7) is 0. The Morgan fingerprint density at radius 3 is 2.06 bits per heavy atom. The van der Waals surface area contributed by atoms with Crippen molar-refractivity contribution >= 4 is 11.8 Å². The summed E-state index contributed by atoms with van der Waals surface area (Å²) in [6, 6.07) is 19.8. The van der Waals surface area contributed by atoms with Gasteiger partial charge in [0.15, 0.2) is 0 Å². The third-order valence-corrected chi connectivity index (χ3v) is 3.92. The van der Waals surface area contributed by atoms with Crippen LogP contribution in [0.15, 0.2) is 65.6 Å². The summed E-state index contributed by atoms with van der Waals surface area (Å²) >= 11 is 1.58. The summed E-state index contributed by atoms with van der Waals surface area (Å²) < 4.78 is 0. The number of aliphatic hydroxyl groups excluding tert-OH is 1. The van der Waals surface area contributed by atoms with Crippen molar-refractivity contribution in [1.82, 2.24) is 0 Å². The Morgan fingerprint density at radius 1 is 0.944 bits per heavy atom. The number of hydrogen-bond acceptors (Lipinski definition) is 2. The van der Waals surface area contributed by atoms with E-state index in [2.05, 4.69) is 5.92 Å². The van der Waals surface area contributed by atoms with Crippen molar-refractivity contribution in [2.75, 3.05) is 0 Å². The molecule has 2 aromatic rings. The molecule has 0 radical (unpaired) electrons. The van der Waals surface area contributed by atoms with Crippen LogP contribution in [0.1, 0.15) is 10.8 Å². The van der Waals surface area contributed by atoms with Crippen molar-refractivity contribution in [2.24, 2.45) is 0 Å². The summed E-state index contributed by atoms with van der Waals surface area (Å²) in [5.74, 6) is 2.42. The molecule has 2 aromatic carbocycles. The first-order valence-corrected chi connectivity index (χ1v) is 6.60. The Morgan fingerprint density at radius 2 is 1.50 bits per heavy atom. The van der Waals surface area contributed by atoms with Gasteiger partial charge in [0.05, 0.1) is 5.25 Å². The van der Waals surface area contributed by atoms with Crippen LogP contribution in [-0.4, -0.2) is 11.2 Å². The van der Waals surface area contributed by atoms with E-state index in [-0.39, 0.29) is 5.25 Å². The molecular weight excluding hydrogens is 240 g/mol. The topological polar surface area (TPSA) is 20.2 Å². The third kappa shape index (κ3) is 3.16. The van der Waals surface area contributed by atoms with E-state index >= 15 is 0 Å². The molecule has 2 atom stereocenters. The molecule has 90 valence electrons. The molecule has 1 N–H and O–H groups in total. The first kappa shape index (κ1) is 12.8. The zero-order chi connectivity index (χ0) is 12.8. The second kappa shape index (κ2) is 6.30. The van der Waals surface area contributed by atoms with E-state index in [0.717, 1.165) is 10.5 Å². The van der Waals surface area contributed by atoms with E-state index in [1.807, 2.05) is 60.7 Å². The number of rotatable bonds is 4. The quantitative estimate of drug-likeness (QED) is 0.665. The highest BCUT2D eigenvalue weighted by molar-refractivity contribution is 7.99. The minimum absolute atomic E-state index is 0.140. The van der Waals surface area contributed by atoms with E-state index in [1.54, 1.807) is 11.8 Å². The van der Waals surface area contributed by atoms with Crippen molar-refractivity contribution in [1.29, 1.82) is 0 Å². The fraction of sp³-hybridized carbons (Fsp3) is 0.125. The van der Waals surface area contributed by atoms with E-state index in [0.29, 0.717) is 0 Å². The lowest BCUT2D eigenvalue weighted by atomic mass is 10.1. The van der Waals surface area contributed by atoms with Gasteiger partial charge >= 0.3 is 0 Å². The van der Waals surface area contributed by atoms with Crippen LogP contribution in [-0.2, 0) is 0 Å². The van der Waals surface area contributed by atoms with Crippen molar-refractivity contribution in [3.8, 4) is 12.3 Å². The highest BCUT2D eigenvalue weighted by Crippen LogP contribution is 2.37. The number of terminal acetylenes is 1. The Bertz CT molecular complexity index is 516. The van der Waals surface area contributed by atoms with Gasteiger partial charge in [-0.25, -0.2) is 0 Å². The highest BCUT2D eigenvalue weighted by atomic mass is 32.2. The van der Waals surface area contributed by atoms with E-state index in [9.17, 15) is 5.11 Å². The van der Waals surface area contributed by atoms with Crippen LogP contribution in [0.5, 0.6) is 0 Å². The molecule has 2 heteroatoms. The predicted octanol–water partition coefficient (Wildman–Crippen LogP) is 3.51. The fourth-order valence-corrected chi connectivity index (χ4v) is 2.80. The molecular formula is C16H14OS. The SMILES string of the molecule is C#C[C@H](O)[C@@H](Sc1ccccc1)c1ccccc1. The van der Waals surface area contributed by atoms with Crippen LogP contribution in [0.2, 0.25) is 0 Å². The second-order valence-electron chi connectivity index (χ2n) is 3.87. The number of thioether (sulfide) groups is 1. The van der Waals surface area contributed by atoms with Crippen molar-refractivity contribution in [2.45, 2.75) is 16.2 Å². The molecule has 0 amide bonds. The first-order valence-electron chi connectivity index (χ1n) is 5.72. The average Bonchev–Trinajstić information content (AvgIpc) is 2.46. The Kier molecular flexibility index (Phi) is 4.46. The predicted molar refractivity (Wildman–Crippen MR) is 76.3 cm³/mol. The maximum atomic E-state index is 9.98. The molecule has 0 heterocycles. The lowest BCUT2D eigenvalue weighted by molar-refractivity contribution is 0.230. The molecule has 0 aromatic heterocycles. The van der Waals surface area contributed by atoms with Gasteiger partial charge in [-0.1, -0.05) is 54.5 Å². The Labute approximate surface area is 112 Å². The number of hydrogen-bond donors (Lipinski definition) is 1. The molecule has 18 heavy (non-hydrogen) atoms. The van der Waals surface area contributed by atoms with Crippen molar-refractivity contribution in [3.63, 3.8) is 0 Å². The normalized spacial score (nSPS) is 13.6. The van der Waals surface area contributed by atoms with Crippen LogP contribution in [0.25, 0.3) is 0 Å². The van der Waals surface area contributed by atoms with Gasteiger partial charge in [-0.3, -0.25) is 0 Å². The van der Waals surface area contributed by atoms with Gasteiger partial charge in [0.2, 0.25) is 0 Å². The molecule has 2 rings (SSSR count). The Hall–Kier alpha value is -1.69. The Balaban J connectivity index is 2.25. The van der Waals surface area contributed by atoms with Gasteiger partial charge < -0.3 is 5.11 Å². The van der Waals surface area contributed by atoms with Crippen molar-refractivity contribution in [3.05, 3.63) is 66.2 Å². The molecule has 0 spiro atoms. The molecule has 0 aliphatic heterocycles. The highest BCUT2D eigenvalue weighted by Gasteiger charge is 2.20. The first-order chi connectivity index (χ1) is 8.81. The largest absolute Gasteiger partial charge is 0.379 e. The molecule has 0 aliphatic rings. The van der Waals surface area contributed by atoms with Gasteiger partial charge in [0, 0.05) is 4.90 Å². The van der Waals surface area contributed by atoms with Gasteiger partial charge in [0.25, 0.3) is 0 Å². The molecule has 1 nitrogen and oxygen atoms in total. The zero-order valence-electron chi connectivity index (χ0n) is 9.86. The molecule has 0 saturated heterocycles.